The number of hydrogen-bond donors (Lipinski definition) is 2. The van der Waals surface area contributed by atoms with Crippen LogP contribution in [0.25, 0.3) is 0 Å². The van der Waals surface area contributed by atoms with Crippen molar-refractivity contribution in [2.75, 3.05) is 26.4 Å². The van der Waals surface area contributed by atoms with Crippen LogP contribution >= 0.6 is 0 Å². The average Bonchev–Trinajstić information content (AvgIpc) is 2.35. The molecular weight excluding hydrogens is 220 g/mol. The Bertz CT molecular complexity index is 177. The molecule has 0 aromatic heterocycles. The van der Waals surface area contributed by atoms with E-state index in [0.29, 0.717) is 19.6 Å². The monoisotopic (exact) mass is 246 g/mol. The standard InChI is InChI=1S/C12H26N2O3/c1-2-3-8-16-10-11-17-9-6-4-5-7-12(15)14-13/h2-11,13H2,1H3,(H,14,15). The van der Waals surface area contributed by atoms with Gasteiger partial charge in [-0.25, -0.2) is 5.84 Å². The predicted molar refractivity (Wildman–Crippen MR) is 67.3 cm³/mol. The Morgan fingerprint density at radius 2 is 1.65 bits per heavy atom. The van der Waals surface area contributed by atoms with Crippen LogP contribution in [0.1, 0.15) is 45.4 Å². The number of hydrazine groups is 1. The molecule has 102 valence electrons. The van der Waals surface area contributed by atoms with Gasteiger partial charge in [0.05, 0.1) is 13.2 Å². The van der Waals surface area contributed by atoms with Gasteiger partial charge in [0.25, 0.3) is 0 Å². The summed E-state index contributed by atoms with van der Waals surface area (Å²) in [5.74, 6) is 4.86. The number of carbonyl (C=O) groups is 1. The van der Waals surface area contributed by atoms with Crippen molar-refractivity contribution in [2.24, 2.45) is 5.84 Å². The Labute approximate surface area is 104 Å². The molecule has 0 aromatic carbocycles. The lowest BCUT2D eigenvalue weighted by Gasteiger charge is -2.05. The minimum absolute atomic E-state index is 0.102. The Hall–Kier alpha value is -0.650. The van der Waals surface area contributed by atoms with Crippen LogP contribution in [0.15, 0.2) is 0 Å². The van der Waals surface area contributed by atoms with Crippen LogP contribution in [0.5, 0.6) is 0 Å². The minimum atomic E-state index is -0.102. The lowest BCUT2D eigenvalue weighted by molar-refractivity contribution is -0.121. The van der Waals surface area contributed by atoms with E-state index in [4.69, 9.17) is 15.3 Å². The maximum absolute atomic E-state index is 10.8. The SMILES string of the molecule is CCCCOCCOCCCCCC(=O)NN. The lowest BCUT2D eigenvalue weighted by Crippen LogP contribution is -2.29. The van der Waals surface area contributed by atoms with Gasteiger partial charge in [-0.05, 0) is 19.3 Å². The van der Waals surface area contributed by atoms with Crippen molar-refractivity contribution in [2.45, 2.75) is 45.4 Å². The van der Waals surface area contributed by atoms with Crippen LogP contribution in [0.4, 0.5) is 0 Å². The van der Waals surface area contributed by atoms with Crippen molar-refractivity contribution in [3.63, 3.8) is 0 Å². The van der Waals surface area contributed by atoms with Crippen LogP contribution in [-0.2, 0) is 14.3 Å². The van der Waals surface area contributed by atoms with E-state index >= 15 is 0 Å². The summed E-state index contributed by atoms with van der Waals surface area (Å²) in [7, 11) is 0. The Morgan fingerprint density at radius 3 is 2.24 bits per heavy atom. The van der Waals surface area contributed by atoms with Crippen molar-refractivity contribution in [1.82, 2.24) is 5.43 Å². The summed E-state index contributed by atoms with van der Waals surface area (Å²) in [6.07, 6.45) is 5.60. The van der Waals surface area contributed by atoms with Crippen LogP contribution in [0, 0.1) is 0 Å². The molecule has 0 aliphatic rings. The molecule has 0 radical (unpaired) electrons. The van der Waals surface area contributed by atoms with Gasteiger partial charge in [-0.2, -0.15) is 0 Å². The number of nitrogens with two attached hydrogens (primary N) is 1. The highest BCUT2D eigenvalue weighted by molar-refractivity contribution is 5.74. The second-order valence-corrected chi connectivity index (χ2v) is 3.96. The highest BCUT2D eigenvalue weighted by Crippen LogP contribution is 1.99. The van der Waals surface area contributed by atoms with Crippen LogP contribution < -0.4 is 11.3 Å². The van der Waals surface area contributed by atoms with E-state index in [-0.39, 0.29) is 5.91 Å². The molecule has 5 heteroatoms. The number of amides is 1. The number of hydrogen-bond acceptors (Lipinski definition) is 4. The predicted octanol–water partition coefficient (Wildman–Crippen LogP) is 1.37. The Balaban J connectivity index is 2.96. The molecule has 0 aliphatic heterocycles. The quantitative estimate of drug-likeness (QED) is 0.236. The minimum Gasteiger partial charge on any atom is -0.379 e. The van der Waals surface area contributed by atoms with Crippen molar-refractivity contribution >= 4 is 5.91 Å². The van der Waals surface area contributed by atoms with Crippen LogP contribution in [-0.4, -0.2) is 32.3 Å². The van der Waals surface area contributed by atoms with E-state index in [2.05, 4.69) is 12.3 Å². The fourth-order valence-corrected chi connectivity index (χ4v) is 1.31. The molecule has 5 nitrogen and oxygen atoms in total. The van der Waals surface area contributed by atoms with Gasteiger partial charge in [0.1, 0.15) is 0 Å². The number of nitrogens with one attached hydrogen (secondary N) is 1. The molecule has 0 spiro atoms. The first-order chi connectivity index (χ1) is 8.31. The zero-order chi connectivity index (χ0) is 12.8. The van der Waals surface area contributed by atoms with Crippen molar-refractivity contribution < 1.29 is 14.3 Å². The molecule has 0 aliphatic carbocycles. The maximum atomic E-state index is 10.8. The van der Waals surface area contributed by atoms with E-state index in [9.17, 15) is 4.79 Å². The van der Waals surface area contributed by atoms with Gasteiger partial charge in [0.2, 0.25) is 5.91 Å². The van der Waals surface area contributed by atoms with Gasteiger partial charge in [0, 0.05) is 19.6 Å². The largest absolute Gasteiger partial charge is 0.379 e. The number of unbranched alkanes of at least 4 members (excludes halogenated alkanes) is 3. The normalized spacial score (nSPS) is 10.5. The first-order valence-electron chi connectivity index (χ1n) is 6.46. The smallest absolute Gasteiger partial charge is 0.233 e. The fourth-order valence-electron chi connectivity index (χ4n) is 1.31. The molecule has 17 heavy (non-hydrogen) atoms. The van der Waals surface area contributed by atoms with E-state index in [0.717, 1.165) is 45.3 Å². The van der Waals surface area contributed by atoms with Gasteiger partial charge in [0.15, 0.2) is 0 Å². The third-order valence-electron chi connectivity index (χ3n) is 2.37. The van der Waals surface area contributed by atoms with Crippen LogP contribution in [0.2, 0.25) is 0 Å². The van der Waals surface area contributed by atoms with Gasteiger partial charge in [-0.15, -0.1) is 0 Å². The van der Waals surface area contributed by atoms with Gasteiger partial charge >= 0.3 is 0 Å². The first kappa shape index (κ1) is 16.4. The van der Waals surface area contributed by atoms with E-state index in [1.165, 1.54) is 0 Å². The molecule has 0 rings (SSSR count). The third-order valence-corrected chi connectivity index (χ3v) is 2.37. The summed E-state index contributed by atoms with van der Waals surface area (Å²) in [6, 6.07) is 0. The maximum Gasteiger partial charge on any atom is 0.233 e. The van der Waals surface area contributed by atoms with E-state index < -0.39 is 0 Å². The molecule has 0 unspecified atom stereocenters. The molecule has 0 saturated heterocycles. The fraction of sp³-hybridized carbons (Fsp3) is 0.917. The van der Waals surface area contributed by atoms with Crippen molar-refractivity contribution in [3.05, 3.63) is 0 Å². The Morgan fingerprint density at radius 1 is 1.00 bits per heavy atom. The summed E-state index contributed by atoms with van der Waals surface area (Å²) >= 11 is 0. The van der Waals surface area contributed by atoms with Gasteiger partial charge in [-0.3, -0.25) is 10.2 Å². The number of carbonyl (C=O) groups excluding carboxylic acids is 1. The average molecular weight is 246 g/mol. The molecule has 1 amide bonds. The molecular formula is C12H26N2O3. The third kappa shape index (κ3) is 13.3. The molecule has 3 N–H and O–H groups in total. The Kier molecular flexibility index (Phi) is 12.9. The summed E-state index contributed by atoms with van der Waals surface area (Å²) in [6.45, 7) is 5.04. The summed E-state index contributed by atoms with van der Waals surface area (Å²) < 4.78 is 10.8. The molecule has 0 heterocycles. The van der Waals surface area contributed by atoms with Crippen molar-refractivity contribution in [1.29, 1.82) is 0 Å². The molecule has 0 bridgehead atoms. The first-order valence-corrected chi connectivity index (χ1v) is 6.46. The number of rotatable bonds is 12. The second kappa shape index (κ2) is 13.4. The molecule has 0 saturated carbocycles. The lowest BCUT2D eigenvalue weighted by atomic mass is 10.2. The van der Waals surface area contributed by atoms with E-state index in [1.54, 1.807) is 0 Å². The highest BCUT2D eigenvalue weighted by atomic mass is 16.5. The molecule has 0 aromatic rings. The second-order valence-electron chi connectivity index (χ2n) is 3.96. The summed E-state index contributed by atoms with van der Waals surface area (Å²) in [5.41, 5.74) is 2.11. The summed E-state index contributed by atoms with van der Waals surface area (Å²) in [5, 5.41) is 0. The van der Waals surface area contributed by atoms with Crippen molar-refractivity contribution in [3.8, 4) is 0 Å². The molecule has 0 atom stereocenters. The van der Waals surface area contributed by atoms with Crippen LogP contribution in [0.3, 0.4) is 0 Å². The number of ether oxygens (including phenoxy) is 2. The van der Waals surface area contributed by atoms with Gasteiger partial charge < -0.3 is 9.47 Å². The van der Waals surface area contributed by atoms with Gasteiger partial charge in [-0.1, -0.05) is 19.8 Å². The summed E-state index contributed by atoms with van der Waals surface area (Å²) in [4.78, 5) is 10.8. The highest BCUT2D eigenvalue weighted by Gasteiger charge is 1.97. The zero-order valence-corrected chi connectivity index (χ0v) is 10.9. The van der Waals surface area contributed by atoms with E-state index in [1.807, 2.05) is 0 Å². The topological polar surface area (TPSA) is 73.6 Å². The zero-order valence-electron chi connectivity index (χ0n) is 10.9. The molecule has 0 fully saturated rings.